The molecule has 5 heteroatoms. The minimum atomic E-state index is -0.202. The summed E-state index contributed by atoms with van der Waals surface area (Å²) in [5.74, 6) is -0.472. The van der Waals surface area contributed by atoms with Crippen LogP contribution in [0, 0.1) is 0 Å². The van der Waals surface area contributed by atoms with Crippen molar-refractivity contribution >= 4 is 0 Å². The Morgan fingerprint density at radius 1 is 0.714 bits per heavy atom. The second kappa shape index (κ2) is 8.71. The first-order chi connectivity index (χ1) is 9.47. The van der Waals surface area contributed by atoms with Crippen molar-refractivity contribution in [3.05, 3.63) is 47.5 Å². The van der Waals surface area contributed by atoms with Crippen LogP contribution in [0.5, 0.6) is 23.0 Å². The number of rotatable bonds is 2. The number of phenolic OH excluding ortho intramolecular Hbond substituents is 4. The van der Waals surface area contributed by atoms with Crippen LogP contribution in [0.25, 0.3) is 0 Å². The Morgan fingerprint density at radius 2 is 1.14 bits per heavy atom. The predicted octanol–water partition coefficient (Wildman–Crippen LogP) is 2.89. The van der Waals surface area contributed by atoms with Gasteiger partial charge in [-0.1, -0.05) is 26.5 Å². The van der Waals surface area contributed by atoms with Crippen molar-refractivity contribution in [3.63, 3.8) is 0 Å². The molecule has 0 aliphatic carbocycles. The fourth-order valence-corrected chi connectivity index (χ4v) is 1.46. The second-order valence-electron chi connectivity index (χ2n) is 4.16. The third-order valence-electron chi connectivity index (χ3n) is 2.67. The molecule has 5 N–H and O–H groups in total. The quantitative estimate of drug-likeness (QED) is 0.548. The van der Waals surface area contributed by atoms with Crippen LogP contribution < -0.4 is 0 Å². The van der Waals surface area contributed by atoms with E-state index < -0.39 is 0 Å². The minimum Gasteiger partial charge on any atom is -0.504 e. The molecule has 2 aromatic rings. The molecule has 0 spiro atoms. The maximum Gasteiger partial charge on any atom is 0.157 e. The fraction of sp³-hybridized carbons (Fsp3) is 0.250. The lowest BCUT2D eigenvalue weighted by Crippen LogP contribution is -1.80. The first-order valence-electron chi connectivity index (χ1n) is 6.10. The molecule has 0 bridgehead atoms. The van der Waals surface area contributed by atoms with Gasteiger partial charge < -0.3 is 25.5 Å². The van der Waals surface area contributed by atoms with Gasteiger partial charge in [-0.15, -0.1) is 0 Å². The van der Waals surface area contributed by atoms with Crippen molar-refractivity contribution in [1.82, 2.24) is 0 Å². The van der Waals surface area contributed by atoms with Crippen molar-refractivity contribution < 1.29 is 25.5 Å². The van der Waals surface area contributed by atoms with Crippen LogP contribution in [-0.4, -0.2) is 25.5 Å². The van der Waals surface area contributed by atoms with E-state index in [1.807, 2.05) is 6.92 Å². The molecule has 0 aromatic heterocycles. The smallest absolute Gasteiger partial charge is 0.157 e. The van der Waals surface area contributed by atoms with Gasteiger partial charge in [-0.2, -0.15) is 0 Å². The molecular weight excluding hydrogens is 272 g/mol. The molecule has 0 aliphatic rings. The van der Waals surface area contributed by atoms with E-state index in [-0.39, 0.29) is 37.0 Å². The summed E-state index contributed by atoms with van der Waals surface area (Å²) in [6.07, 6.45) is 0.869. The van der Waals surface area contributed by atoms with Gasteiger partial charge in [-0.05, 0) is 41.8 Å². The topological polar surface area (TPSA) is 101 Å². The monoisotopic (exact) mass is 294 g/mol. The summed E-state index contributed by atoms with van der Waals surface area (Å²) < 4.78 is 0. The predicted molar refractivity (Wildman–Crippen MR) is 81.6 cm³/mol. The number of aliphatic hydroxyl groups is 1. The maximum atomic E-state index is 8.98. The summed E-state index contributed by atoms with van der Waals surface area (Å²) in [5, 5.41) is 44.1. The molecule has 2 aromatic carbocycles. The van der Waals surface area contributed by atoms with Gasteiger partial charge in [-0.3, -0.25) is 0 Å². The lowest BCUT2D eigenvalue weighted by atomic mass is 10.1. The normalized spacial score (nSPS) is 9.24. The molecule has 21 heavy (non-hydrogen) atoms. The fourth-order valence-electron chi connectivity index (χ4n) is 1.46. The molecule has 0 aliphatic heterocycles. The van der Waals surface area contributed by atoms with Gasteiger partial charge in [-0.25, -0.2) is 0 Å². The Bertz CT molecular complexity index is 515. The van der Waals surface area contributed by atoms with Gasteiger partial charge in [0.05, 0.1) is 6.61 Å². The van der Waals surface area contributed by atoms with Crippen molar-refractivity contribution in [2.24, 2.45) is 0 Å². The summed E-state index contributed by atoms with van der Waals surface area (Å²) in [5.41, 5.74) is 1.60. The van der Waals surface area contributed by atoms with Crippen LogP contribution in [0.3, 0.4) is 0 Å². The number of aromatic hydroxyl groups is 4. The zero-order valence-corrected chi connectivity index (χ0v) is 11.1. The molecule has 5 nitrogen and oxygen atoms in total. The molecule has 0 amide bonds. The van der Waals surface area contributed by atoms with E-state index in [2.05, 4.69) is 0 Å². The van der Waals surface area contributed by atoms with E-state index in [1.165, 1.54) is 24.3 Å². The summed E-state index contributed by atoms with van der Waals surface area (Å²) >= 11 is 0. The molecule has 0 unspecified atom stereocenters. The molecule has 0 saturated heterocycles. The van der Waals surface area contributed by atoms with Crippen LogP contribution in [0.15, 0.2) is 36.4 Å². The molecule has 2 rings (SSSR count). The van der Waals surface area contributed by atoms with Gasteiger partial charge in [0.2, 0.25) is 0 Å². The minimum absolute atomic E-state index is 0. The van der Waals surface area contributed by atoms with Crippen LogP contribution in [0.1, 0.15) is 25.5 Å². The van der Waals surface area contributed by atoms with Crippen LogP contribution in [-0.2, 0) is 13.0 Å². The van der Waals surface area contributed by atoms with Gasteiger partial charge >= 0.3 is 0 Å². The van der Waals surface area contributed by atoms with E-state index in [9.17, 15) is 0 Å². The summed E-state index contributed by atoms with van der Waals surface area (Å²) in [6, 6.07) is 9.03. The van der Waals surface area contributed by atoms with E-state index >= 15 is 0 Å². The first kappa shape index (κ1) is 18.6. The standard InChI is InChI=1S/C8H10O2.C7H8O3.CH4/c1-2-6-3-4-7(9)8(10)5-6;8-4-5-1-2-6(9)7(10)3-5;/h3-5,9-10H,2H2,1H3;1-3,8-10H,4H2;1H4. The highest BCUT2D eigenvalue weighted by Gasteiger charge is 1.98. The largest absolute Gasteiger partial charge is 0.504 e. The van der Waals surface area contributed by atoms with Gasteiger partial charge in [0, 0.05) is 0 Å². The number of aliphatic hydroxyl groups excluding tert-OH is 1. The molecule has 0 fully saturated rings. The summed E-state index contributed by atoms with van der Waals surface area (Å²) in [7, 11) is 0. The highest BCUT2D eigenvalue weighted by atomic mass is 16.3. The van der Waals surface area contributed by atoms with Crippen molar-refractivity contribution in [3.8, 4) is 23.0 Å². The average molecular weight is 294 g/mol. The molecule has 0 saturated carbocycles. The van der Waals surface area contributed by atoms with Crippen molar-refractivity contribution in [1.29, 1.82) is 0 Å². The number of phenols is 4. The third-order valence-corrected chi connectivity index (χ3v) is 2.67. The average Bonchev–Trinajstić information content (AvgIpc) is 2.45. The Labute approximate surface area is 124 Å². The molecule has 0 heterocycles. The number of hydrogen-bond acceptors (Lipinski definition) is 5. The Balaban J connectivity index is 0.000000364. The number of hydrogen-bond donors (Lipinski definition) is 5. The van der Waals surface area contributed by atoms with Gasteiger partial charge in [0.25, 0.3) is 0 Å². The third kappa shape index (κ3) is 5.62. The Morgan fingerprint density at radius 3 is 1.52 bits per heavy atom. The Hall–Kier alpha value is -2.40. The zero-order chi connectivity index (χ0) is 15.1. The molecular formula is C16H22O5. The highest BCUT2D eigenvalue weighted by molar-refractivity contribution is 5.40. The van der Waals surface area contributed by atoms with Crippen LogP contribution in [0.2, 0.25) is 0 Å². The second-order valence-corrected chi connectivity index (χ2v) is 4.16. The van der Waals surface area contributed by atoms with Crippen molar-refractivity contribution in [2.75, 3.05) is 0 Å². The molecule has 0 radical (unpaired) electrons. The molecule has 0 atom stereocenters. The molecule has 116 valence electrons. The van der Waals surface area contributed by atoms with Crippen molar-refractivity contribution in [2.45, 2.75) is 27.4 Å². The number of aryl methyl sites for hydroxylation is 1. The van der Waals surface area contributed by atoms with E-state index in [4.69, 9.17) is 25.5 Å². The number of benzene rings is 2. The van der Waals surface area contributed by atoms with Gasteiger partial charge in [0.1, 0.15) is 0 Å². The van der Waals surface area contributed by atoms with Crippen LogP contribution in [0.4, 0.5) is 0 Å². The SMILES string of the molecule is C.CCc1ccc(O)c(O)c1.OCc1ccc(O)c(O)c1. The van der Waals surface area contributed by atoms with Gasteiger partial charge in [0.15, 0.2) is 23.0 Å². The zero-order valence-electron chi connectivity index (χ0n) is 11.1. The first-order valence-corrected chi connectivity index (χ1v) is 6.10. The van der Waals surface area contributed by atoms with Crippen LogP contribution >= 0.6 is 0 Å². The van der Waals surface area contributed by atoms with E-state index in [0.717, 1.165) is 12.0 Å². The Kier molecular flexibility index (Phi) is 7.71. The lowest BCUT2D eigenvalue weighted by molar-refractivity contribution is 0.280. The maximum absolute atomic E-state index is 8.98. The summed E-state index contributed by atoms with van der Waals surface area (Å²) in [4.78, 5) is 0. The van der Waals surface area contributed by atoms with E-state index in [0.29, 0.717) is 5.56 Å². The highest BCUT2D eigenvalue weighted by Crippen LogP contribution is 2.25. The summed E-state index contributed by atoms with van der Waals surface area (Å²) in [6.45, 7) is 1.86. The lowest BCUT2D eigenvalue weighted by Gasteiger charge is -1.98. The van der Waals surface area contributed by atoms with E-state index in [1.54, 1.807) is 12.1 Å².